The second-order valence-electron chi connectivity index (χ2n) is 9.38. The van der Waals surface area contributed by atoms with Crippen LogP contribution in [0, 0.1) is 0 Å². The molecule has 1 atom stereocenters. The van der Waals surface area contributed by atoms with Crippen molar-refractivity contribution in [1.82, 2.24) is 24.8 Å². The van der Waals surface area contributed by atoms with Crippen LogP contribution in [0.5, 0.6) is 5.75 Å². The summed E-state index contributed by atoms with van der Waals surface area (Å²) >= 11 is 6.18. The van der Waals surface area contributed by atoms with Gasteiger partial charge in [0.2, 0.25) is 11.9 Å². The maximum absolute atomic E-state index is 12.3. The Morgan fingerprint density at radius 3 is 2.79 bits per heavy atom. The number of hydrogen-bond donors (Lipinski definition) is 2. The van der Waals surface area contributed by atoms with Crippen LogP contribution in [-0.4, -0.2) is 71.1 Å². The number of fused-ring (bicyclic) bond motifs is 1. The van der Waals surface area contributed by atoms with Crippen molar-refractivity contribution in [3.8, 4) is 16.9 Å². The van der Waals surface area contributed by atoms with E-state index >= 15 is 0 Å². The van der Waals surface area contributed by atoms with Crippen molar-refractivity contribution in [2.45, 2.75) is 12.5 Å². The number of amides is 1. The van der Waals surface area contributed by atoms with E-state index in [0.29, 0.717) is 45.2 Å². The first-order valence-corrected chi connectivity index (χ1v) is 12.8. The van der Waals surface area contributed by atoms with Crippen LogP contribution in [0.2, 0.25) is 5.02 Å². The van der Waals surface area contributed by atoms with E-state index < -0.39 is 0 Å². The summed E-state index contributed by atoms with van der Waals surface area (Å²) in [5, 5.41) is 6.73. The minimum Gasteiger partial charge on any atom is -0.494 e. The molecule has 200 valence electrons. The summed E-state index contributed by atoms with van der Waals surface area (Å²) in [6, 6.07) is 7.72. The van der Waals surface area contributed by atoms with Gasteiger partial charge in [0.25, 0.3) is 0 Å². The number of benzene rings is 1. The average molecular weight is 545 g/mol. The number of ether oxygens (including phenoxy) is 1. The molecule has 1 aliphatic heterocycles. The lowest BCUT2D eigenvalue weighted by Gasteiger charge is -2.29. The van der Waals surface area contributed by atoms with Crippen molar-refractivity contribution >= 4 is 51.6 Å². The van der Waals surface area contributed by atoms with Crippen LogP contribution in [-0.2, 0) is 4.79 Å². The third-order valence-corrected chi connectivity index (χ3v) is 7.00. The molecular formula is C28H29ClN8O2. The highest BCUT2D eigenvalue weighted by Crippen LogP contribution is 2.39. The molecule has 3 aromatic heterocycles. The van der Waals surface area contributed by atoms with Gasteiger partial charge >= 0.3 is 0 Å². The van der Waals surface area contributed by atoms with Crippen molar-refractivity contribution in [2.24, 2.45) is 0 Å². The van der Waals surface area contributed by atoms with Crippen molar-refractivity contribution < 1.29 is 9.53 Å². The summed E-state index contributed by atoms with van der Waals surface area (Å²) < 4.78 is 5.75. The standard InChI is InChI=1S/C28H29ClN8O2/c1-5-26(38)33-21-11-22(25(39-4)12-24(21)37(3)19-7-9-36(2)16-19)34-28-32-15-23-27(35-28)20(6-8-31-23)17-10-18(29)14-30-13-17/h5-6,8,10-15,19H,1,7,9,16H2,2-4H3,(H,33,38)(H,32,34,35). The average Bonchev–Trinajstić information content (AvgIpc) is 3.38. The molecule has 1 saturated heterocycles. The van der Waals surface area contributed by atoms with Crippen LogP contribution < -0.4 is 20.3 Å². The SMILES string of the molecule is C=CC(=O)Nc1cc(Nc2ncc3nccc(-c4cncc(Cl)c4)c3n2)c(OC)cc1N(C)C1CCN(C)C1. The second kappa shape index (κ2) is 11.2. The number of pyridine rings is 2. The second-order valence-corrected chi connectivity index (χ2v) is 9.82. The normalized spacial score (nSPS) is 15.2. The van der Waals surface area contributed by atoms with Gasteiger partial charge in [0.15, 0.2) is 0 Å². The Morgan fingerprint density at radius 1 is 1.23 bits per heavy atom. The van der Waals surface area contributed by atoms with Crippen LogP contribution in [0.15, 0.2) is 61.7 Å². The maximum Gasteiger partial charge on any atom is 0.247 e. The third-order valence-electron chi connectivity index (χ3n) is 6.80. The van der Waals surface area contributed by atoms with Gasteiger partial charge < -0.3 is 25.2 Å². The zero-order chi connectivity index (χ0) is 27.5. The number of rotatable bonds is 8. The van der Waals surface area contributed by atoms with Crippen molar-refractivity contribution in [3.05, 3.63) is 66.7 Å². The molecule has 2 N–H and O–H groups in total. The Labute approximate surface area is 231 Å². The number of nitrogens with zero attached hydrogens (tertiary/aromatic N) is 6. The van der Waals surface area contributed by atoms with Crippen molar-refractivity contribution in [3.63, 3.8) is 0 Å². The highest BCUT2D eigenvalue weighted by Gasteiger charge is 2.26. The number of likely N-dealkylation sites (tertiary alicyclic amines) is 1. The van der Waals surface area contributed by atoms with Gasteiger partial charge in [-0.05, 0) is 44.3 Å². The first kappa shape index (κ1) is 26.3. The highest BCUT2D eigenvalue weighted by molar-refractivity contribution is 6.30. The van der Waals surface area contributed by atoms with E-state index in [9.17, 15) is 4.79 Å². The molecule has 10 nitrogen and oxygen atoms in total. The molecule has 0 saturated carbocycles. The van der Waals surface area contributed by atoms with Crippen LogP contribution in [0.3, 0.4) is 0 Å². The summed E-state index contributed by atoms with van der Waals surface area (Å²) in [7, 11) is 5.74. The van der Waals surface area contributed by atoms with E-state index in [4.69, 9.17) is 21.3 Å². The molecule has 0 spiro atoms. The van der Waals surface area contributed by atoms with E-state index in [1.54, 1.807) is 31.9 Å². The Balaban J connectivity index is 1.54. The van der Waals surface area contributed by atoms with Gasteiger partial charge in [0, 0.05) is 55.4 Å². The van der Waals surface area contributed by atoms with Crippen molar-refractivity contribution in [2.75, 3.05) is 49.8 Å². The molecule has 1 aromatic carbocycles. The van der Waals surface area contributed by atoms with Gasteiger partial charge in [-0.2, -0.15) is 0 Å². The number of anilines is 4. The fourth-order valence-corrected chi connectivity index (χ4v) is 4.92. The number of methoxy groups -OCH3 is 1. The lowest BCUT2D eigenvalue weighted by Crippen LogP contribution is -2.34. The van der Waals surface area contributed by atoms with E-state index in [-0.39, 0.29) is 5.91 Å². The smallest absolute Gasteiger partial charge is 0.247 e. The number of carbonyl (C=O) groups is 1. The molecule has 1 aliphatic rings. The minimum atomic E-state index is -0.308. The van der Waals surface area contributed by atoms with Gasteiger partial charge in [-0.3, -0.25) is 14.8 Å². The molecule has 1 amide bonds. The van der Waals surface area contributed by atoms with Gasteiger partial charge in [0.05, 0.1) is 35.4 Å². The summed E-state index contributed by atoms with van der Waals surface area (Å²) in [5.74, 6) is 0.607. The molecule has 0 radical (unpaired) electrons. The first-order chi connectivity index (χ1) is 18.9. The van der Waals surface area contributed by atoms with Crippen LogP contribution in [0.25, 0.3) is 22.2 Å². The number of hydrogen-bond acceptors (Lipinski definition) is 9. The highest BCUT2D eigenvalue weighted by atomic mass is 35.5. The summed E-state index contributed by atoms with van der Waals surface area (Å²) in [6.45, 7) is 5.54. The molecule has 0 bridgehead atoms. The Hall–Kier alpha value is -4.28. The van der Waals surface area contributed by atoms with Gasteiger partial charge in [-0.15, -0.1) is 0 Å². The van der Waals surface area contributed by atoms with E-state index in [0.717, 1.165) is 36.3 Å². The lowest BCUT2D eigenvalue weighted by atomic mass is 10.1. The molecule has 4 aromatic rings. The fraction of sp³-hybridized carbons (Fsp3) is 0.250. The monoisotopic (exact) mass is 544 g/mol. The van der Waals surface area contributed by atoms with Crippen LogP contribution in [0.1, 0.15) is 6.42 Å². The molecule has 1 unspecified atom stereocenters. The predicted octanol–water partition coefficient (Wildman–Crippen LogP) is 4.76. The predicted molar refractivity (Wildman–Crippen MR) is 155 cm³/mol. The zero-order valence-corrected chi connectivity index (χ0v) is 22.7. The zero-order valence-electron chi connectivity index (χ0n) is 22.0. The summed E-state index contributed by atoms with van der Waals surface area (Å²) in [4.78, 5) is 34.6. The van der Waals surface area contributed by atoms with Crippen LogP contribution >= 0.6 is 11.6 Å². The molecule has 5 rings (SSSR count). The number of carbonyl (C=O) groups excluding carboxylic acids is 1. The van der Waals surface area contributed by atoms with Crippen LogP contribution in [0.4, 0.5) is 23.0 Å². The molecule has 11 heteroatoms. The molecule has 0 aliphatic carbocycles. The quantitative estimate of drug-likeness (QED) is 0.303. The summed E-state index contributed by atoms with van der Waals surface area (Å²) in [5.41, 5.74) is 4.95. The maximum atomic E-state index is 12.3. The van der Waals surface area contributed by atoms with E-state index in [2.05, 4.69) is 49.0 Å². The number of likely N-dealkylation sites (N-methyl/N-ethyl adjacent to an activating group) is 2. The van der Waals surface area contributed by atoms with E-state index in [1.807, 2.05) is 31.3 Å². The Bertz CT molecular complexity index is 1550. The first-order valence-electron chi connectivity index (χ1n) is 12.4. The summed E-state index contributed by atoms with van der Waals surface area (Å²) in [6.07, 6.45) is 8.92. The number of nitrogens with one attached hydrogen (secondary N) is 2. The van der Waals surface area contributed by atoms with Gasteiger partial charge in [-0.25, -0.2) is 9.97 Å². The third kappa shape index (κ3) is 5.62. The van der Waals surface area contributed by atoms with E-state index in [1.165, 1.54) is 6.08 Å². The van der Waals surface area contributed by atoms with Crippen molar-refractivity contribution in [1.29, 1.82) is 0 Å². The lowest BCUT2D eigenvalue weighted by molar-refractivity contribution is -0.111. The Morgan fingerprint density at radius 2 is 2.08 bits per heavy atom. The fourth-order valence-electron chi connectivity index (χ4n) is 4.75. The molecule has 1 fully saturated rings. The Kier molecular flexibility index (Phi) is 7.58. The topological polar surface area (TPSA) is 108 Å². The number of aromatic nitrogens is 4. The molecule has 39 heavy (non-hydrogen) atoms. The van der Waals surface area contributed by atoms with Gasteiger partial charge in [-0.1, -0.05) is 18.2 Å². The molecular weight excluding hydrogens is 516 g/mol. The van der Waals surface area contributed by atoms with Gasteiger partial charge in [0.1, 0.15) is 16.8 Å². The number of halogens is 1. The molecule has 4 heterocycles. The largest absolute Gasteiger partial charge is 0.494 e. The minimum absolute atomic E-state index is 0.300.